The minimum Gasteiger partial charge on any atom is -0.464 e. The molecule has 0 aliphatic carbocycles. The lowest BCUT2D eigenvalue weighted by Gasteiger charge is -2.09. The molecule has 0 aliphatic heterocycles. The summed E-state index contributed by atoms with van der Waals surface area (Å²) in [5, 5.41) is 6.09. The van der Waals surface area contributed by atoms with Crippen molar-refractivity contribution < 1.29 is 4.74 Å². The minimum absolute atomic E-state index is 0.320. The first-order valence-electron chi connectivity index (χ1n) is 7.13. The van der Waals surface area contributed by atoms with Crippen LogP contribution >= 0.6 is 0 Å². The van der Waals surface area contributed by atoms with Gasteiger partial charge in [0.15, 0.2) is 0 Å². The van der Waals surface area contributed by atoms with Gasteiger partial charge in [0.1, 0.15) is 0 Å². The Morgan fingerprint density at radius 1 is 0.952 bits per heavy atom. The van der Waals surface area contributed by atoms with Crippen LogP contribution in [0.25, 0.3) is 0 Å². The molecular weight excluding hydrogens is 266 g/mol. The van der Waals surface area contributed by atoms with Gasteiger partial charge in [0.2, 0.25) is 11.9 Å². The van der Waals surface area contributed by atoms with Gasteiger partial charge in [0.25, 0.3) is 0 Å². The van der Waals surface area contributed by atoms with Crippen molar-refractivity contribution in [1.82, 2.24) is 15.0 Å². The van der Waals surface area contributed by atoms with E-state index in [2.05, 4.69) is 56.8 Å². The van der Waals surface area contributed by atoms with E-state index >= 15 is 0 Å². The summed E-state index contributed by atoms with van der Waals surface area (Å²) in [6, 6.07) is 8.80. The Bertz CT molecular complexity index is 571. The Morgan fingerprint density at radius 3 is 2.24 bits per heavy atom. The second kappa shape index (κ2) is 7.42. The molecule has 0 radical (unpaired) electrons. The molecule has 0 atom stereocenters. The van der Waals surface area contributed by atoms with Crippen molar-refractivity contribution in [3.05, 3.63) is 35.4 Å². The van der Waals surface area contributed by atoms with E-state index in [1.165, 1.54) is 11.1 Å². The van der Waals surface area contributed by atoms with Crippen LogP contribution in [-0.2, 0) is 13.0 Å². The molecule has 6 nitrogen and oxygen atoms in total. The van der Waals surface area contributed by atoms with E-state index in [0.29, 0.717) is 31.1 Å². The molecule has 6 heteroatoms. The van der Waals surface area contributed by atoms with E-state index < -0.39 is 0 Å². The summed E-state index contributed by atoms with van der Waals surface area (Å²) in [6.45, 7) is 5.21. The van der Waals surface area contributed by atoms with Crippen LogP contribution < -0.4 is 15.4 Å². The Labute approximate surface area is 125 Å². The fraction of sp³-hybridized carbons (Fsp3) is 0.400. The van der Waals surface area contributed by atoms with E-state index in [1.807, 2.05) is 6.92 Å². The predicted molar refractivity (Wildman–Crippen MR) is 83.7 cm³/mol. The third kappa shape index (κ3) is 4.30. The number of anilines is 2. The first-order valence-corrected chi connectivity index (χ1v) is 7.13. The maximum atomic E-state index is 5.33. The topological polar surface area (TPSA) is 72.0 Å². The van der Waals surface area contributed by atoms with Crippen LogP contribution in [-0.4, -0.2) is 28.6 Å². The Hall–Kier alpha value is -2.37. The zero-order chi connectivity index (χ0) is 15.1. The highest BCUT2D eigenvalue weighted by Crippen LogP contribution is 2.12. The summed E-state index contributed by atoms with van der Waals surface area (Å²) in [5.41, 5.74) is 2.51. The highest BCUT2D eigenvalue weighted by Gasteiger charge is 2.06. The second-order valence-corrected chi connectivity index (χ2v) is 4.47. The van der Waals surface area contributed by atoms with Gasteiger partial charge in [-0.15, -0.1) is 0 Å². The molecule has 0 aliphatic rings. The van der Waals surface area contributed by atoms with Crippen molar-refractivity contribution in [3.63, 3.8) is 0 Å². The van der Waals surface area contributed by atoms with Crippen LogP contribution in [0.1, 0.15) is 25.0 Å². The lowest BCUT2D eigenvalue weighted by Crippen LogP contribution is -2.09. The molecule has 0 fully saturated rings. The zero-order valence-electron chi connectivity index (χ0n) is 12.7. The first kappa shape index (κ1) is 15.0. The molecule has 1 heterocycles. The van der Waals surface area contributed by atoms with Gasteiger partial charge in [-0.25, -0.2) is 0 Å². The van der Waals surface area contributed by atoms with Crippen LogP contribution in [0.15, 0.2) is 24.3 Å². The number of aryl methyl sites for hydroxylation is 1. The third-order valence-electron chi connectivity index (χ3n) is 2.99. The molecule has 0 bridgehead atoms. The number of hydrogen-bond donors (Lipinski definition) is 2. The summed E-state index contributed by atoms with van der Waals surface area (Å²) in [6.07, 6.45) is 1.05. The van der Waals surface area contributed by atoms with E-state index in [0.717, 1.165) is 6.42 Å². The standard InChI is InChI=1S/C15H21N5O/c1-4-11-6-8-12(9-7-11)10-17-14-18-13(16-3)19-15(20-14)21-5-2/h6-9H,4-5,10H2,1-3H3,(H2,16,17,18,19,20). The summed E-state index contributed by atoms with van der Waals surface area (Å²) in [5.74, 6) is 0.981. The summed E-state index contributed by atoms with van der Waals surface area (Å²) < 4.78 is 5.33. The zero-order valence-corrected chi connectivity index (χ0v) is 12.7. The van der Waals surface area contributed by atoms with Gasteiger partial charge in [0.05, 0.1) is 6.61 Å². The highest BCUT2D eigenvalue weighted by atomic mass is 16.5. The molecule has 1 aromatic heterocycles. The molecule has 112 valence electrons. The molecule has 2 rings (SSSR count). The van der Waals surface area contributed by atoms with Gasteiger partial charge in [0, 0.05) is 13.6 Å². The van der Waals surface area contributed by atoms with E-state index in [1.54, 1.807) is 7.05 Å². The monoisotopic (exact) mass is 287 g/mol. The van der Waals surface area contributed by atoms with Crippen molar-refractivity contribution in [2.75, 3.05) is 24.3 Å². The molecule has 1 aromatic carbocycles. The van der Waals surface area contributed by atoms with Gasteiger partial charge in [-0.1, -0.05) is 31.2 Å². The van der Waals surface area contributed by atoms with Crippen LogP contribution in [0.3, 0.4) is 0 Å². The van der Waals surface area contributed by atoms with Gasteiger partial charge < -0.3 is 15.4 Å². The number of nitrogens with one attached hydrogen (secondary N) is 2. The summed E-state index contributed by atoms with van der Waals surface area (Å²) in [4.78, 5) is 12.6. The molecule has 0 unspecified atom stereocenters. The third-order valence-corrected chi connectivity index (χ3v) is 2.99. The number of ether oxygens (including phenoxy) is 1. The largest absolute Gasteiger partial charge is 0.464 e. The van der Waals surface area contributed by atoms with Crippen molar-refractivity contribution in [1.29, 1.82) is 0 Å². The lowest BCUT2D eigenvalue weighted by atomic mass is 10.1. The minimum atomic E-state index is 0.320. The van der Waals surface area contributed by atoms with Crippen LogP contribution in [0.4, 0.5) is 11.9 Å². The van der Waals surface area contributed by atoms with Crippen molar-refractivity contribution in [2.45, 2.75) is 26.8 Å². The normalized spacial score (nSPS) is 10.2. The Morgan fingerprint density at radius 2 is 1.62 bits per heavy atom. The molecule has 0 amide bonds. The Kier molecular flexibility index (Phi) is 5.31. The molecule has 2 N–H and O–H groups in total. The summed E-state index contributed by atoms with van der Waals surface area (Å²) >= 11 is 0. The maximum Gasteiger partial charge on any atom is 0.323 e. The Balaban J connectivity index is 2.05. The number of aromatic nitrogens is 3. The van der Waals surface area contributed by atoms with Gasteiger partial charge in [-0.2, -0.15) is 15.0 Å². The lowest BCUT2D eigenvalue weighted by molar-refractivity contribution is 0.312. The van der Waals surface area contributed by atoms with Crippen molar-refractivity contribution in [2.24, 2.45) is 0 Å². The van der Waals surface area contributed by atoms with Crippen LogP contribution in [0.2, 0.25) is 0 Å². The smallest absolute Gasteiger partial charge is 0.323 e. The molecular formula is C15H21N5O. The fourth-order valence-electron chi connectivity index (χ4n) is 1.81. The number of nitrogens with zero attached hydrogens (tertiary/aromatic N) is 3. The maximum absolute atomic E-state index is 5.33. The average Bonchev–Trinajstić information content (AvgIpc) is 2.53. The van der Waals surface area contributed by atoms with Gasteiger partial charge in [-0.05, 0) is 24.5 Å². The van der Waals surface area contributed by atoms with Crippen molar-refractivity contribution >= 4 is 11.9 Å². The molecule has 0 saturated heterocycles. The van der Waals surface area contributed by atoms with E-state index in [-0.39, 0.29) is 0 Å². The summed E-state index contributed by atoms with van der Waals surface area (Å²) in [7, 11) is 1.76. The average molecular weight is 287 g/mol. The SMILES string of the molecule is CCOc1nc(NC)nc(NCc2ccc(CC)cc2)n1. The fourth-order valence-corrected chi connectivity index (χ4v) is 1.81. The number of hydrogen-bond acceptors (Lipinski definition) is 6. The first-order chi connectivity index (χ1) is 10.2. The molecule has 0 saturated carbocycles. The number of benzene rings is 1. The van der Waals surface area contributed by atoms with E-state index in [4.69, 9.17) is 4.74 Å². The molecule has 0 spiro atoms. The molecule has 21 heavy (non-hydrogen) atoms. The second-order valence-electron chi connectivity index (χ2n) is 4.47. The van der Waals surface area contributed by atoms with E-state index in [9.17, 15) is 0 Å². The van der Waals surface area contributed by atoms with Crippen LogP contribution in [0.5, 0.6) is 6.01 Å². The number of rotatable bonds is 7. The van der Waals surface area contributed by atoms with Gasteiger partial charge >= 0.3 is 6.01 Å². The molecule has 2 aromatic rings. The predicted octanol–water partition coefficient (Wildman–Crippen LogP) is 2.49. The van der Waals surface area contributed by atoms with Crippen molar-refractivity contribution in [3.8, 4) is 6.01 Å². The van der Waals surface area contributed by atoms with Gasteiger partial charge in [-0.3, -0.25) is 0 Å². The quantitative estimate of drug-likeness (QED) is 0.815. The van der Waals surface area contributed by atoms with Crippen LogP contribution in [0, 0.1) is 0 Å². The highest BCUT2D eigenvalue weighted by molar-refractivity contribution is 5.36.